The molecule has 2 aromatic carbocycles. The third-order valence-electron chi connectivity index (χ3n) is 4.74. The van der Waals surface area contributed by atoms with Crippen molar-refractivity contribution in [3.05, 3.63) is 59.5 Å². The lowest BCUT2D eigenvalue weighted by Gasteiger charge is -2.18. The van der Waals surface area contributed by atoms with Crippen molar-refractivity contribution in [2.75, 3.05) is 30.9 Å². The number of anilines is 1. The Bertz CT molecular complexity index is 1080. The van der Waals surface area contributed by atoms with Gasteiger partial charge in [0.15, 0.2) is 0 Å². The number of hydrogen-bond acceptors (Lipinski definition) is 5. The molecule has 154 valence electrons. The largest absolute Gasteiger partial charge is 0.351 e. The molecule has 3 aromatic rings. The SMILES string of the molecule is CCN(CC)CCNC(=O)c1cc2ccccc2cc1NS(=O)(=O)c1cccs1. The van der Waals surface area contributed by atoms with Crippen LogP contribution in [0.2, 0.25) is 0 Å². The van der Waals surface area contributed by atoms with Gasteiger partial charge in [-0.3, -0.25) is 9.52 Å². The van der Waals surface area contributed by atoms with Gasteiger partial charge in [-0.15, -0.1) is 11.3 Å². The Balaban J connectivity index is 1.90. The molecule has 0 radical (unpaired) electrons. The maximum absolute atomic E-state index is 12.9. The molecule has 8 heteroatoms. The molecule has 1 aromatic heterocycles. The van der Waals surface area contributed by atoms with Crippen molar-refractivity contribution in [3.8, 4) is 0 Å². The summed E-state index contributed by atoms with van der Waals surface area (Å²) in [5.74, 6) is -0.299. The molecule has 0 aliphatic carbocycles. The van der Waals surface area contributed by atoms with Crippen LogP contribution in [0, 0.1) is 0 Å². The highest BCUT2D eigenvalue weighted by molar-refractivity contribution is 7.94. The summed E-state index contributed by atoms with van der Waals surface area (Å²) in [6.45, 7) is 7.20. The lowest BCUT2D eigenvalue weighted by molar-refractivity contribution is 0.0950. The average molecular weight is 432 g/mol. The zero-order valence-corrected chi connectivity index (χ0v) is 18.1. The van der Waals surface area contributed by atoms with Crippen LogP contribution in [-0.2, 0) is 10.0 Å². The minimum absolute atomic E-state index is 0.207. The monoisotopic (exact) mass is 431 g/mol. The van der Waals surface area contributed by atoms with Crippen LogP contribution < -0.4 is 10.0 Å². The van der Waals surface area contributed by atoms with Crippen LogP contribution in [0.3, 0.4) is 0 Å². The van der Waals surface area contributed by atoms with E-state index >= 15 is 0 Å². The third-order valence-corrected chi connectivity index (χ3v) is 7.51. The molecule has 0 unspecified atom stereocenters. The van der Waals surface area contributed by atoms with Crippen molar-refractivity contribution in [1.82, 2.24) is 10.2 Å². The highest BCUT2D eigenvalue weighted by Crippen LogP contribution is 2.27. The molecule has 0 aliphatic rings. The number of fused-ring (bicyclic) bond motifs is 1. The Kier molecular flexibility index (Phi) is 6.89. The number of likely N-dealkylation sites (N-methyl/N-ethyl adjacent to an activating group) is 1. The topological polar surface area (TPSA) is 78.5 Å². The third kappa shape index (κ3) is 5.14. The Morgan fingerprint density at radius 2 is 1.72 bits per heavy atom. The minimum atomic E-state index is -3.76. The second-order valence-corrected chi connectivity index (χ2v) is 9.42. The first-order chi connectivity index (χ1) is 13.9. The molecule has 3 rings (SSSR count). The van der Waals surface area contributed by atoms with Crippen molar-refractivity contribution in [2.24, 2.45) is 0 Å². The van der Waals surface area contributed by atoms with E-state index in [0.717, 1.165) is 41.7 Å². The number of nitrogens with one attached hydrogen (secondary N) is 2. The average Bonchev–Trinajstić information content (AvgIpc) is 3.26. The number of amides is 1. The predicted molar refractivity (Wildman–Crippen MR) is 119 cm³/mol. The summed E-state index contributed by atoms with van der Waals surface area (Å²) in [7, 11) is -3.76. The first-order valence-corrected chi connectivity index (χ1v) is 11.9. The standard InChI is InChI=1S/C21H25N3O3S2/c1-3-24(4-2)12-11-22-21(25)18-14-16-8-5-6-9-17(16)15-19(18)23-29(26,27)20-10-7-13-28-20/h5-10,13-15,23H,3-4,11-12H2,1-2H3,(H,22,25). The lowest BCUT2D eigenvalue weighted by atomic mass is 10.0. The van der Waals surface area contributed by atoms with Crippen molar-refractivity contribution in [3.63, 3.8) is 0 Å². The van der Waals surface area contributed by atoms with E-state index in [-0.39, 0.29) is 15.8 Å². The van der Waals surface area contributed by atoms with Crippen molar-refractivity contribution >= 4 is 43.7 Å². The van der Waals surface area contributed by atoms with Crippen LogP contribution in [0.4, 0.5) is 5.69 Å². The molecule has 29 heavy (non-hydrogen) atoms. The van der Waals surface area contributed by atoms with Gasteiger partial charge in [0.25, 0.3) is 15.9 Å². The maximum Gasteiger partial charge on any atom is 0.271 e. The molecular formula is C21H25N3O3S2. The van der Waals surface area contributed by atoms with E-state index < -0.39 is 10.0 Å². The summed E-state index contributed by atoms with van der Waals surface area (Å²) in [6.07, 6.45) is 0. The van der Waals surface area contributed by atoms with E-state index in [0.29, 0.717) is 12.1 Å². The highest BCUT2D eigenvalue weighted by Gasteiger charge is 2.20. The number of carbonyl (C=O) groups is 1. The van der Waals surface area contributed by atoms with Gasteiger partial charge in [0.05, 0.1) is 11.3 Å². The Labute approximate surface area is 175 Å². The number of benzene rings is 2. The maximum atomic E-state index is 12.9. The molecule has 1 heterocycles. The lowest BCUT2D eigenvalue weighted by Crippen LogP contribution is -2.35. The van der Waals surface area contributed by atoms with E-state index in [9.17, 15) is 13.2 Å². The smallest absolute Gasteiger partial charge is 0.271 e. The van der Waals surface area contributed by atoms with Crippen LogP contribution in [0.5, 0.6) is 0 Å². The summed E-state index contributed by atoms with van der Waals surface area (Å²) in [6, 6.07) is 14.2. The predicted octanol–water partition coefficient (Wildman–Crippen LogP) is 3.77. The number of carbonyl (C=O) groups excluding carboxylic acids is 1. The van der Waals surface area contributed by atoms with Gasteiger partial charge < -0.3 is 10.2 Å². The van der Waals surface area contributed by atoms with Gasteiger partial charge in [0, 0.05) is 13.1 Å². The molecular weight excluding hydrogens is 406 g/mol. The van der Waals surface area contributed by atoms with Crippen LogP contribution >= 0.6 is 11.3 Å². The van der Waals surface area contributed by atoms with Gasteiger partial charge in [-0.1, -0.05) is 44.2 Å². The summed E-state index contributed by atoms with van der Waals surface area (Å²) in [5.41, 5.74) is 0.584. The molecule has 0 aliphatic heterocycles. The Morgan fingerprint density at radius 1 is 1.03 bits per heavy atom. The fraction of sp³-hybridized carbons (Fsp3) is 0.286. The highest BCUT2D eigenvalue weighted by atomic mass is 32.2. The Hall–Kier alpha value is -2.42. The Morgan fingerprint density at radius 3 is 2.34 bits per heavy atom. The molecule has 6 nitrogen and oxygen atoms in total. The summed E-state index contributed by atoms with van der Waals surface area (Å²) in [4.78, 5) is 15.1. The van der Waals surface area contributed by atoms with Crippen LogP contribution in [0.15, 0.2) is 58.1 Å². The molecule has 1 amide bonds. The van der Waals surface area contributed by atoms with E-state index in [4.69, 9.17) is 0 Å². The molecule has 0 spiro atoms. The minimum Gasteiger partial charge on any atom is -0.351 e. The van der Waals surface area contributed by atoms with Crippen LogP contribution in [0.25, 0.3) is 10.8 Å². The normalized spacial score (nSPS) is 11.7. The van der Waals surface area contributed by atoms with Crippen molar-refractivity contribution in [1.29, 1.82) is 0 Å². The van der Waals surface area contributed by atoms with E-state index in [2.05, 4.69) is 28.8 Å². The zero-order valence-electron chi connectivity index (χ0n) is 16.5. The summed E-state index contributed by atoms with van der Waals surface area (Å²) >= 11 is 1.13. The molecule has 0 saturated carbocycles. The second kappa shape index (κ2) is 9.39. The van der Waals surface area contributed by atoms with Gasteiger partial charge in [-0.05, 0) is 47.4 Å². The number of sulfonamides is 1. The fourth-order valence-electron chi connectivity index (χ4n) is 3.09. The number of nitrogens with zero attached hydrogens (tertiary/aromatic N) is 1. The molecule has 0 atom stereocenters. The van der Waals surface area contributed by atoms with Gasteiger partial charge >= 0.3 is 0 Å². The van der Waals surface area contributed by atoms with Gasteiger partial charge in [-0.25, -0.2) is 8.42 Å². The van der Waals surface area contributed by atoms with E-state index in [1.807, 2.05) is 24.3 Å². The first kappa shape index (κ1) is 21.3. The van der Waals surface area contributed by atoms with Crippen LogP contribution in [0.1, 0.15) is 24.2 Å². The molecule has 0 fully saturated rings. The van der Waals surface area contributed by atoms with Crippen molar-refractivity contribution < 1.29 is 13.2 Å². The second-order valence-electron chi connectivity index (χ2n) is 6.57. The van der Waals surface area contributed by atoms with E-state index in [1.54, 1.807) is 23.6 Å². The summed E-state index contributed by atoms with van der Waals surface area (Å²) in [5, 5.41) is 6.35. The molecule has 0 saturated heterocycles. The van der Waals surface area contributed by atoms with Crippen LogP contribution in [-0.4, -0.2) is 45.4 Å². The summed E-state index contributed by atoms with van der Waals surface area (Å²) < 4.78 is 28.2. The molecule has 2 N–H and O–H groups in total. The number of hydrogen-bond donors (Lipinski definition) is 2. The van der Waals surface area contributed by atoms with Gasteiger partial charge in [-0.2, -0.15) is 0 Å². The van der Waals surface area contributed by atoms with Gasteiger partial charge in [0.2, 0.25) is 0 Å². The fourth-order valence-corrected chi connectivity index (χ4v) is 5.15. The van der Waals surface area contributed by atoms with Gasteiger partial charge in [0.1, 0.15) is 4.21 Å². The zero-order chi connectivity index (χ0) is 20.9. The number of rotatable bonds is 9. The number of thiophene rings is 1. The molecule has 0 bridgehead atoms. The quantitative estimate of drug-likeness (QED) is 0.541. The van der Waals surface area contributed by atoms with E-state index in [1.165, 1.54) is 6.07 Å². The first-order valence-electron chi connectivity index (χ1n) is 9.54. The van der Waals surface area contributed by atoms with Crippen molar-refractivity contribution in [2.45, 2.75) is 18.1 Å².